The Morgan fingerprint density at radius 3 is 2.24 bits per heavy atom. The predicted octanol–water partition coefficient (Wildman–Crippen LogP) is 5.60. The van der Waals surface area contributed by atoms with Crippen molar-refractivity contribution in [2.45, 2.75) is 69.8 Å². The van der Waals surface area contributed by atoms with Crippen LogP contribution in [-0.4, -0.2) is 42.9 Å². The summed E-state index contributed by atoms with van der Waals surface area (Å²) in [6.45, 7) is 2.71. The highest BCUT2D eigenvalue weighted by Crippen LogP contribution is 2.63. The van der Waals surface area contributed by atoms with E-state index in [1.807, 2.05) is 0 Å². The number of hydrogen-bond acceptors (Lipinski definition) is 8. The second-order valence-electron chi connectivity index (χ2n) is 12.4. The molecule has 6 rings (SSSR count). The molecule has 0 spiro atoms. The molecular weight excluding hydrogens is 577 g/mol. The zero-order valence-corrected chi connectivity index (χ0v) is 24.1. The second kappa shape index (κ2) is 10.6. The van der Waals surface area contributed by atoms with E-state index >= 15 is 0 Å². The van der Waals surface area contributed by atoms with Gasteiger partial charge in [-0.05, 0) is 81.5 Å². The van der Waals surface area contributed by atoms with Crippen LogP contribution in [0.5, 0.6) is 5.75 Å². The molecule has 2 aromatic carbocycles. The molecule has 42 heavy (non-hydrogen) atoms. The van der Waals surface area contributed by atoms with Gasteiger partial charge in [0.05, 0.1) is 32.4 Å². The normalized spacial score (nSPS) is 27.0. The van der Waals surface area contributed by atoms with Gasteiger partial charge in [-0.1, -0.05) is 30.3 Å². The highest BCUT2D eigenvalue weighted by atomic mass is 32.2. The Hall–Kier alpha value is -3.12. The lowest BCUT2D eigenvalue weighted by Crippen LogP contribution is -2.60. The number of hydrogen-bond donors (Lipinski definition) is 0. The van der Waals surface area contributed by atoms with Crippen molar-refractivity contribution in [3.8, 4) is 5.75 Å². The van der Waals surface area contributed by atoms with Gasteiger partial charge in [0.15, 0.2) is 0 Å². The largest absolute Gasteiger partial charge is 0.748 e. The maximum atomic E-state index is 13.9. The van der Waals surface area contributed by atoms with Gasteiger partial charge in [0.2, 0.25) is 0 Å². The minimum atomic E-state index is -4.73. The molecule has 0 aliphatic heterocycles. The van der Waals surface area contributed by atoms with E-state index in [-0.39, 0.29) is 23.8 Å². The first kappa shape index (κ1) is 30.3. The first-order valence-electron chi connectivity index (χ1n) is 13.8. The van der Waals surface area contributed by atoms with E-state index in [4.69, 9.17) is 14.2 Å². The summed E-state index contributed by atoms with van der Waals surface area (Å²) < 4.78 is 91.7. The molecule has 0 saturated heterocycles. The standard InChI is InChI=1S/C30H33F3O8S/c1-27(2,22-6-4-3-5-7-22)40-24-13-21(8-9-23(24)30(31,32)33)25(34)41-29-16-19-12-20(17-29)15-28(14-19,18-29)26(35)39-10-11-42(36,37)38/h3-9,13,19-20H,10-12,14-18H2,1-2H3,(H,36,37,38)/p-1. The zero-order valence-electron chi connectivity index (χ0n) is 23.2. The van der Waals surface area contributed by atoms with Crippen LogP contribution in [0.2, 0.25) is 0 Å². The number of esters is 2. The van der Waals surface area contributed by atoms with Crippen molar-refractivity contribution < 1.29 is 49.9 Å². The Bertz CT molecular complexity index is 1460. The van der Waals surface area contributed by atoms with E-state index in [9.17, 15) is 35.7 Å². The molecule has 2 aromatic rings. The summed E-state index contributed by atoms with van der Waals surface area (Å²) in [5, 5.41) is 0. The van der Waals surface area contributed by atoms with Crippen LogP contribution in [0, 0.1) is 17.3 Å². The fraction of sp³-hybridized carbons (Fsp3) is 0.533. The Balaban J connectivity index is 1.38. The average Bonchev–Trinajstić information content (AvgIpc) is 2.86. The van der Waals surface area contributed by atoms with Crippen molar-refractivity contribution in [3.05, 3.63) is 65.2 Å². The molecule has 12 heteroatoms. The fourth-order valence-corrected chi connectivity index (χ4v) is 7.61. The van der Waals surface area contributed by atoms with E-state index in [0.717, 1.165) is 24.6 Å². The Kier molecular flexibility index (Phi) is 7.62. The van der Waals surface area contributed by atoms with Crippen molar-refractivity contribution >= 4 is 22.1 Å². The third kappa shape index (κ3) is 6.29. The van der Waals surface area contributed by atoms with Crippen LogP contribution >= 0.6 is 0 Å². The van der Waals surface area contributed by atoms with Crippen molar-refractivity contribution in [1.82, 2.24) is 0 Å². The topological polar surface area (TPSA) is 119 Å². The lowest BCUT2D eigenvalue weighted by molar-refractivity contribution is -0.196. The molecule has 0 amide bonds. The van der Waals surface area contributed by atoms with E-state index in [0.29, 0.717) is 31.2 Å². The Morgan fingerprint density at radius 2 is 1.64 bits per heavy atom. The number of rotatable bonds is 9. The van der Waals surface area contributed by atoms with E-state index in [1.165, 1.54) is 0 Å². The molecule has 0 N–H and O–H groups in total. The highest BCUT2D eigenvalue weighted by Gasteiger charge is 2.63. The summed E-state index contributed by atoms with van der Waals surface area (Å²) in [6, 6.07) is 11.7. The summed E-state index contributed by atoms with van der Waals surface area (Å²) >= 11 is 0. The van der Waals surface area contributed by atoms with Crippen LogP contribution in [0.25, 0.3) is 0 Å². The molecule has 4 saturated carbocycles. The van der Waals surface area contributed by atoms with Gasteiger partial charge in [0, 0.05) is 6.42 Å². The quantitative estimate of drug-likeness (QED) is 0.266. The predicted molar refractivity (Wildman–Crippen MR) is 142 cm³/mol. The molecule has 0 radical (unpaired) electrons. The third-order valence-corrected chi connectivity index (χ3v) is 9.34. The van der Waals surface area contributed by atoms with Gasteiger partial charge in [0.1, 0.15) is 23.6 Å². The molecule has 2 unspecified atom stereocenters. The molecule has 4 aliphatic rings. The second-order valence-corrected chi connectivity index (χ2v) is 13.9. The van der Waals surface area contributed by atoms with Gasteiger partial charge >= 0.3 is 18.1 Å². The van der Waals surface area contributed by atoms with E-state index < -0.39 is 68.5 Å². The molecule has 4 bridgehead atoms. The molecule has 4 fully saturated rings. The summed E-state index contributed by atoms with van der Waals surface area (Å²) in [4.78, 5) is 26.6. The summed E-state index contributed by atoms with van der Waals surface area (Å²) in [5.41, 5.74) is -3.65. The van der Waals surface area contributed by atoms with Gasteiger partial charge < -0.3 is 18.8 Å². The smallest absolute Gasteiger partial charge is 0.419 e. The van der Waals surface area contributed by atoms with Gasteiger partial charge in [0.25, 0.3) is 0 Å². The molecule has 0 aromatic heterocycles. The fourth-order valence-electron chi connectivity index (χ4n) is 7.32. The van der Waals surface area contributed by atoms with Crippen molar-refractivity contribution in [2.24, 2.45) is 17.3 Å². The number of benzene rings is 2. The van der Waals surface area contributed by atoms with Crippen molar-refractivity contribution in [2.75, 3.05) is 12.4 Å². The molecular formula is C30H32F3O8S-. The van der Waals surface area contributed by atoms with Crippen LogP contribution in [-0.2, 0) is 36.2 Å². The number of halogens is 3. The molecule has 0 heterocycles. The van der Waals surface area contributed by atoms with Crippen LogP contribution in [0.1, 0.15) is 73.9 Å². The maximum Gasteiger partial charge on any atom is 0.419 e. The Morgan fingerprint density at radius 1 is 1.00 bits per heavy atom. The molecule has 2 atom stereocenters. The highest BCUT2D eigenvalue weighted by molar-refractivity contribution is 7.85. The third-order valence-electron chi connectivity index (χ3n) is 8.67. The number of carbonyl (C=O) groups is 2. The van der Waals surface area contributed by atoms with Crippen molar-refractivity contribution in [3.63, 3.8) is 0 Å². The summed E-state index contributed by atoms with van der Waals surface area (Å²) in [5.74, 6) is -2.66. The lowest BCUT2D eigenvalue weighted by atomic mass is 9.48. The number of ether oxygens (including phenoxy) is 3. The first-order valence-corrected chi connectivity index (χ1v) is 15.4. The van der Waals surface area contributed by atoms with E-state index in [2.05, 4.69) is 0 Å². The molecule has 228 valence electrons. The lowest BCUT2D eigenvalue weighted by Gasteiger charge is -2.59. The zero-order chi connectivity index (χ0) is 30.6. The molecule has 8 nitrogen and oxygen atoms in total. The molecule has 4 aliphatic carbocycles. The summed E-state index contributed by atoms with van der Waals surface area (Å²) in [6.07, 6.45) is -1.73. The van der Waals surface area contributed by atoms with Gasteiger partial charge in [-0.25, -0.2) is 13.2 Å². The first-order chi connectivity index (χ1) is 19.5. The van der Waals surface area contributed by atoms with Crippen LogP contribution < -0.4 is 4.74 Å². The maximum absolute atomic E-state index is 13.9. The number of alkyl halides is 3. The van der Waals surface area contributed by atoms with Gasteiger partial charge in [-0.15, -0.1) is 0 Å². The Labute approximate surface area is 242 Å². The SMILES string of the molecule is CC(C)(Oc1cc(C(=O)OC23CC4CC(C2)CC(C(=O)OCCS(=O)(=O)[O-])(C4)C3)ccc1C(F)(F)F)c1ccccc1. The van der Waals surface area contributed by atoms with Crippen LogP contribution in [0.15, 0.2) is 48.5 Å². The van der Waals surface area contributed by atoms with Crippen LogP contribution in [0.4, 0.5) is 13.2 Å². The minimum absolute atomic E-state index is 0.0630. The monoisotopic (exact) mass is 609 g/mol. The van der Waals surface area contributed by atoms with Gasteiger partial charge in [-0.2, -0.15) is 13.2 Å². The minimum Gasteiger partial charge on any atom is -0.748 e. The van der Waals surface area contributed by atoms with Crippen molar-refractivity contribution in [1.29, 1.82) is 0 Å². The van der Waals surface area contributed by atoms with Crippen LogP contribution in [0.3, 0.4) is 0 Å². The van der Waals surface area contributed by atoms with Gasteiger partial charge in [-0.3, -0.25) is 4.79 Å². The average molecular weight is 610 g/mol. The number of carbonyl (C=O) groups excluding carboxylic acids is 2. The summed E-state index contributed by atoms with van der Waals surface area (Å²) in [7, 11) is -4.56. The van der Waals surface area contributed by atoms with E-state index in [1.54, 1.807) is 44.2 Å².